The van der Waals surface area contributed by atoms with E-state index in [1.165, 1.54) is 5.56 Å². The molecule has 0 amide bonds. The second kappa shape index (κ2) is 8.25. The lowest BCUT2D eigenvalue weighted by Gasteiger charge is -2.17. The molecule has 0 aliphatic carbocycles. The lowest BCUT2D eigenvalue weighted by molar-refractivity contribution is 0.393. The van der Waals surface area contributed by atoms with Gasteiger partial charge in [-0.15, -0.1) is 0 Å². The molecular weight excluding hydrogens is 330 g/mol. The van der Waals surface area contributed by atoms with Gasteiger partial charge in [0, 0.05) is 0 Å². The number of hydrogen-bond donors (Lipinski definition) is 1. The Labute approximate surface area is 134 Å². The van der Waals surface area contributed by atoms with Crippen LogP contribution < -0.4 is 10.1 Å². The van der Waals surface area contributed by atoms with E-state index in [0.717, 1.165) is 41.8 Å². The number of rotatable bonds is 8. The fourth-order valence-electron chi connectivity index (χ4n) is 2.30. The first-order chi connectivity index (χ1) is 10.2. The zero-order valence-corrected chi connectivity index (χ0v) is 14.2. The number of ether oxygens (including phenoxy) is 1. The Morgan fingerprint density at radius 3 is 2.57 bits per heavy atom. The van der Waals surface area contributed by atoms with E-state index in [1.54, 1.807) is 13.4 Å². The molecule has 3 nitrogen and oxygen atoms in total. The van der Waals surface area contributed by atoms with Crippen LogP contribution in [0.25, 0.3) is 0 Å². The van der Waals surface area contributed by atoms with Crippen LogP contribution in [-0.2, 0) is 6.42 Å². The van der Waals surface area contributed by atoms with E-state index in [4.69, 9.17) is 9.15 Å². The van der Waals surface area contributed by atoms with Crippen LogP contribution in [0.4, 0.5) is 0 Å². The summed E-state index contributed by atoms with van der Waals surface area (Å²) in [4.78, 5) is 0. The topological polar surface area (TPSA) is 34.4 Å². The maximum Gasteiger partial charge on any atom is 0.134 e. The highest BCUT2D eigenvalue weighted by Gasteiger charge is 2.17. The van der Waals surface area contributed by atoms with Crippen molar-refractivity contribution < 1.29 is 9.15 Å². The molecular formula is C17H22BrNO2. The number of aryl methyl sites for hydroxylation is 1. The Kier molecular flexibility index (Phi) is 6.33. The van der Waals surface area contributed by atoms with Gasteiger partial charge in [0.2, 0.25) is 0 Å². The molecule has 0 saturated heterocycles. The number of furan rings is 1. The molecule has 0 bridgehead atoms. The van der Waals surface area contributed by atoms with Crippen molar-refractivity contribution in [1.82, 2.24) is 5.32 Å². The zero-order valence-electron chi connectivity index (χ0n) is 12.6. The molecule has 1 atom stereocenters. The molecule has 1 aromatic heterocycles. The average Bonchev–Trinajstić information content (AvgIpc) is 2.94. The fraction of sp³-hybridized carbons (Fsp3) is 0.412. The van der Waals surface area contributed by atoms with Crippen molar-refractivity contribution in [2.45, 2.75) is 32.2 Å². The van der Waals surface area contributed by atoms with Gasteiger partial charge in [-0.25, -0.2) is 0 Å². The van der Waals surface area contributed by atoms with Crippen LogP contribution in [0.5, 0.6) is 5.75 Å². The number of benzene rings is 1. The molecule has 1 aromatic carbocycles. The summed E-state index contributed by atoms with van der Waals surface area (Å²) in [6.07, 6.45) is 4.84. The number of methoxy groups -OCH3 is 1. The molecule has 1 unspecified atom stereocenters. The Morgan fingerprint density at radius 2 is 2.00 bits per heavy atom. The SMILES string of the molecule is CCCNC(CCc1ccc(OC)cc1)c1occc1Br. The summed E-state index contributed by atoms with van der Waals surface area (Å²) in [6.45, 7) is 3.16. The van der Waals surface area contributed by atoms with Crippen LogP contribution in [0.2, 0.25) is 0 Å². The lowest BCUT2D eigenvalue weighted by Crippen LogP contribution is -2.22. The average molecular weight is 352 g/mol. The summed E-state index contributed by atoms with van der Waals surface area (Å²) in [7, 11) is 1.69. The number of nitrogens with one attached hydrogen (secondary N) is 1. The fourth-order valence-corrected chi connectivity index (χ4v) is 2.78. The predicted octanol–water partition coefficient (Wildman–Crippen LogP) is 4.72. The highest BCUT2D eigenvalue weighted by molar-refractivity contribution is 9.10. The van der Waals surface area contributed by atoms with E-state index in [1.807, 2.05) is 18.2 Å². The van der Waals surface area contributed by atoms with Crippen molar-refractivity contribution in [3.05, 3.63) is 52.4 Å². The van der Waals surface area contributed by atoms with Crippen LogP contribution in [0.3, 0.4) is 0 Å². The molecule has 0 radical (unpaired) electrons. The third-order valence-corrected chi connectivity index (χ3v) is 4.14. The van der Waals surface area contributed by atoms with E-state index in [2.05, 4.69) is 40.3 Å². The van der Waals surface area contributed by atoms with Gasteiger partial charge in [0.05, 0.1) is 23.9 Å². The van der Waals surface area contributed by atoms with Gasteiger partial charge >= 0.3 is 0 Å². The molecule has 0 saturated carbocycles. The smallest absolute Gasteiger partial charge is 0.134 e. The minimum atomic E-state index is 0.233. The van der Waals surface area contributed by atoms with Gasteiger partial charge < -0.3 is 14.5 Å². The second-order valence-electron chi connectivity index (χ2n) is 5.03. The van der Waals surface area contributed by atoms with Crippen molar-refractivity contribution in [3.63, 3.8) is 0 Å². The summed E-state index contributed by atoms with van der Waals surface area (Å²) in [5.41, 5.74) is 1.31. The molecule has 4 heteroatoms. The molecule has 0 aliphatic rings. The maximum absolute atomic E-state index is 5.62. The van der Waals surface area contributed by atoms with Crippen LogP contribution in [-0.4, -0.2) is 13.7 Å². The van der Waals surface area contributed by atoms with Crippen molar-refractivity contribution in [3.8, 4) is 5.75 Å². The summed E-state index contributed by atoms with van der Waals surface area (Å²) in [5.74, 6) is 1.88. The Bertz CT molecular complexity index is 536. The molecule has 2 aromatic rings. The normalized spacial score (nSPS) is 12.3. The largest absolute Gasteiger partial charge is 0.497 e. The third-order valence-electron chi connectivity index (χ3n) is 3.48. The van der Waals surface area contributed by atoms with Crippen LogP contribution in [0.15, 0.2) is 45.5 Å². The molecule has 0 aliphatic heterocycles. The quantitative estimate of drug-likeness (QED) is 0.746. The van der Waals surface area contributed by atoms with Gasteiger partial charge in [0.15, 0.2) is 0 Å². The maximum atomic E-state index is 5.62. The molecule has 114 valence electrons. The van der Waals surface area contributed by atoms with E-state index in [9.17, 15) is 0 Å². The summed E-state index contributed by atoms with van der Waals surface area (Å²) in [5, 5.41) is 3.56. The number of halogens is 1. The Balaban J connectivity index is 1.99. The molecule has 2 rings (SSSR count). The minimum absolute atomic E-state index is 0.233. The molecule has 0 spiro atoms. The monoisotopic (exact) mass is 351 g/mol. The zero-order chi connectivity index (χ0) is 15.1. The van der Waals surface area contributed by atoms with Crippen molar-refractivity contribution in [2.75, 3.05) is 13.7 Å². The van der Waals surface area contributed by atoms with Crippen molar-refractivity contribution >= 4 is 15.9 Å². The van der Waals surface area contributed by atoms with Gasteiger partial charge in [-0.05, 0) is 65.5 Å². The standard InChI is InChI=1S/C17H22BrNO2/c1-3-11-19-16(17-15(18)10-12-21-17)9-6-13-4-7-14(20-2)8-5-13/h4-5,7-8,10,12,16,19H,3,6,9,11H2,1-2H3. The van der Waals surface area contributed by atoms with E-state index < -0.39 is 0 Å². The molecule has 1 N–H and O–H groups in total. The third kappa shape index (κ3) is 4.61. The van der Waals surface area contributed by atoms with Gasteiger partial charge in [-0.1, -0.05) is 19.1 Å². The van der Waals surface area contributed by atoms with Crippen LogP contribution in [0.1, 0.15) is 37.1 Å². The Hall–Kier alpha value is -1.26. The summed E-state index contributed by atoms with van der Waals surface area (Å²) in [6, 6.07) is 10.4. The van der Waals surface area contributed by atoms with E-state index in [0.29, 0.717) is 0 Å². The van der Waals surface area contributed by atoms with Crippen LogP contribution >= 0.6 is 15.9 Å². The minimum Gasteiger partial charge on any atom is -0.497 e. The molecule has 21 heavy (non-hydrogen) atoms. The highest BCUT2D eigenvalue weighted by Crippen LogP contribution is 2.28. The molecule has 1 heterocycles. The van der Waals surface area contributed by atoms with Gasteiger partial charge in [0.25, 0.3) is 0 Å². The van der Waals surface area contributed by atoms with Gasteiger partial charge in [0.1, 0.15) is 11.5 Å². The predicted molar refractivity (Wildman–Crippen MR) is 88.8 cm³/mol. The van der Waals surface area contributed by atoms with Crippen molar-refractivity contribution in [1.29, 1.82) is 0 Å². The lowest BCUT2D eigenvalue weighted by atomic mass is 10.0. The van der Waals surface area contributed by atoms with Crippen LogP contribution in [0, 0.1) is 0 Å². The first-order valence-corrected chi connectivity index (χ1v) is 8.13. The van der Waals surface area contributed by atoms with Crippen molar-refractivity contribution in [2.24, 2.45) is 0 Å². The van der Waals surface area contributed by atoms with Gasteiger partial charge in [-0.3, -0.25) is 0 Å². The van der Waals surface area contributed by atoms with Gasteiger partial charge in [-0.2, -0.15) is 0 Å². The first kappa shape index (κ1) is 16.1. The summed E-state index contributed by atoms with van der Waals surface area (Å²) < 4.78 is 11.8. The summed E-state index contributed by atoms with van der Waals surface area (Å²) >= 11 is 3.55. The first-order valence-electron chi connectivity index (χ1n) is 7.33. The second-order valence-corrected chi connectivity index (χ2v) is 5.88. The number of hydrogen-bond acceptors (Lipinski definition) is 3. The Morgan fingerprint density at radius 1 is 1.24 bits per heavy atom. The van der Waals surface area contributed by atoms with E-state index in [-0.39, 0.29) is 6.04 Å². The molecule has 0 fully saturated rings. The highest BCUT2D eigenvalue weighted by atomic mass is 79.9. The van der Waals surface area contributed by atoms with E-state index >= 15 is 0 Å².